The summed E-state index contributed by atoms with van der Waals surface area (Å²) in [5.41, 5.74) is -0.578. The van der Waals surface area contributed by atoms with E-state index in [-0.39, 0.29) is 17.9 Å². The number of ether oxygens (including phenoxy) is 2. The average molecular weight is 793 g/mol. The number of aliphatic hydroxyl groups is 1. The smallest absolute Gasteiger partial charge is 0.306 e. The van der Waals surface area contributed by atoms with E-state index in [1.807, 2.05) is 14.1 Å². The van der Waals surface area contributed by atoms with Crippen LogP contribution in [0.3, 0.4) is 0 Å². The summed E-state index contributed by atoms with van der Waals surface area (Å²) in [7, 11) is 4.06. The minimum atomic E-state index is -0.578. The first-order chi connectivity index (χ1) is 27.1. The highest BCUT2D eigenvalue weighted by atomic mass is 16.5. The Morgan fingerprint density at radius 2 is 0.875 bits per heavy atom. The van der Waals surface area contributed by atoms with Crippen molar-refractivity contribution in [1.82, 2.24) is 9.80 Å². The van der Waals surface area contributed by atoms with Crippen LogP contribution in [0.15, 0.2) is 0 Å². The minimum Gasteiger partial charge on any atom is -0.465 e. The van der Waals surface area contributed by atoms with Crippen LogP contribution >= 0.6 is 0 Å². The Balaban J connectivity index is 2.77. The fourth-order valence-electron chi connectivity index (χ4n) is 8.78. The molecule has 1 aliphatic rings. The summed E-state index contributed by atoms with van der Waals surface area (Å²) in [4.78, 5) is 31.2. The van der Waals surface area contributed by atoms with Gasteiger partial charge in [-0.05, 0) is 83.8 Å². The molecule has 0 aliphatic carbocycles. The van der Waals surface area contributed by atoms with E-state index in [4.69, 9.17) is 9.47 Å². The summed E-state index contributed by atoms with van der Waals surface area (Å²) < 4.78 is 12.1. The van der Waals surface area contributed by atoms with E-state index in [9.17, 15) is 14.7 Å². The second-order valence-electron chi connectivity index (χ2n) is 18.5. The molecule has 0 radical (unpaired) electrons. The first kappa shape index (κ1) is 52.8. The highest BCUT2D eigenvalue weighted by molar-refractivity contribution is 5.70. The number of rotatable bonds is 39. The van der Waals surface area contributed by atoms with Crippen molar-refractivity contribution in [3.8, 4) is 0 Å². The quantitative estimate of drug-likeness (QED) is 0.0490. The second kappa shape index (κ2) is 35.7. The van der Waals surface area contributed by atoms with Gasteiger partial charge in [0.2, 0.25) is 0 Å². The Hall–Kier alpha value is -1.18. The number of hydrogen-bond donors (Lipinski definition) is 1. The molecule has 1 saturated heterocycles. The van der Waals surface area contributed by atoms with Gasteiger partial charge in [-0.1, -0.05) is 163 Å². The molecule has 1 heterocycles. The molecule has 1 fully saturated rings. The predicted octanol–water partition coefficient (Wildman–Crippen LogP) is 12.7. The van der Waals surface area contributed by atoms with E-state index < -0.39 is 5.60 Å². The van der Waals surface area contributed by atoms with E-state index in [2.05, 4.69) is 37.5 Å². The minimum absolute atomic E-state index is 0.0255. The lowest BCUT2D eigenvalue weighted by Crippen LogP contribution is -2.49. The van der Waals surface area contributed by atoms with Gasteiger partial charge in [-0.3, -0.25) is 9.59 Å². The Bertz CT molecular complexity index is 855. The Morgan fingerprint density at radius 1 is 0.536 bits per heavy atom. The van der Waals surface area contributed by atoms with E-state index in [0.717, 1.165) is 84.0 Å². The summed E-state index contributed by atoms with van der Waals surface area (Å²) >= 11 is 0. The molecular weight excluding hydrogens is 697 g/mol. The third kappa shape index (κ3) is 29.9. The van der Waals surface area contributed by atoms with Crippen molar-refractivity contribution in [2.75, 3.05) is 53.5 Å². The zero-order valence-corrected chi connectivity index (χ0v) is 38.4. The number of likely N-dealkylation sites (N-methyl/N-ethyl adjacent to an activating group) is 1. The molecule has 0 spiro atoms. The molecule has 0 bridgehead atoms. The van der Waals surface area contributed by atoms with Gasteiger partial charge in [0.1, 0.15) is 0 Å². The third-order valence-electron chi connectivity index (χ3n) is 12.5. The van der Waals surface area contributed by atoms with Gasteiger partial charge in [0.15, 0.2) is 0 Å². The lowest BCUT2D eigenvalue weighted by atomic mass is 9.91. The molecule has 7 heteroatoms. The van der Waals surface area contributed by atoms with Crippen LogP contribution in [0.1, 0.15) is 227 Å². The van der Waals surface area contributed by atoms with Gasteiger partial charge in [0.05, 0.1) is 18.8 Å². The monoisotopic (exact) mass is 793 g/mol. The Kier molecular flexibility index (Phi) is 33.7. The molecule has 2 unspecified atom stereocenters. The van der Waals surface area contributed by atoms with Crippen LogP contribution in [-0.2, 0) is 19.1 Å². The molecular formula is C49H96N2O5. The van der Waals surface area contributed by atoms with Gasteiger partial charge in [0.25, 0.3) is 0 Å². The number of carbonyl (C=O) groups excluding carboxylic acids is 2. The lowest BCUT2D eigenvalue weighted by molar-refractivity contribution is -0.150. The van der Waals surface area contributed by atoms with Crippen LogP contribution in [0.5, 0.6) is 0 Å². The van der Waals surface area contributed by atoms with E-state index in [1.165, 1.54) is 128 Å². The third-order valence-corrected chi connectivity index (χ3v) is 12.5. The predicted molar refractivity (Wildman–Crippen MR) is 238 cm³/mol. The van der Waals surface area contributed by atoms with Crippen molar-refractivity contribution >= 4 is 11.9 Å². The molecule has 1 rings (SSSR count). The van der Waals surface area contributed by atoms with Gasteiger partial charge in [-0.15, -0.1) is 0 Å². The zero-order chi connectivity index (χ0) is 41.1. The summed E-state index contributed by atoms with van der Waals surface area (Å²) in [5, 5.41) is 11.0. The van der Waals surface area contributed by atoms with Crippen molar-refractivity contribution in [2.24, 2.45) is 17.8 Å². The number of nitrogens with zero attached hydrogens (tertiary/aromatic N) is 2. The molecule has 2 atom stereocenters. The molecule has 56 heavy (non-hydrogen) atoms. The van der Waals surface area contributed by atoms with Crippen molar-refractivity contribution < 1.29 is 24.2 Å². The molecule has 1 aliphatic heterocycles. The molecule has 0 saturated carbocycles. The molecule has 1 N–H and O–H groups in total. The number of carbonyl (C=O) groups is 2. The highest BCUT2D eigenvalue weighted by Crippen LogP contribution is 2.26. The zero-order valence-electron chi connectivity index (χ0n) is 38.4. The van der Waals surface area contributed by atoms with Gasteiger partial charge >= 0.3 is 11.9 Å². The Labute approximate surface area is 348 Å². The van der Waals surface area contributed by atoms with E-state index in [0.29, 0.717) is 37.9 Å². The van der Waals surface area contributed by atoms with Crippen molar-refractivity contribution in [2.45, 2.75) is 232 Å². The van der Waals surface area contributed by atoms with Crippen molar-refractivity contribution in [1.29, 1.82) is 0 Å². The average Bonchev–Trinajstić information content (AvgIpc) is 3.17. The van der Waals surface area contributed by atoms with Crippen LogP contribution in [0, 0.1) is 17.8 Å². The molecule has 0 aromatic rings. The first-order valence-corrected chi connectivity index (χ1v) is 24.5. The molecule has 332 valence electrons. The lowest BCUT2D eigenvalue weighted by Gasteiger charge is -2.39. The summed E-state index contributed by atoms with van der Waals surface area (Å²) in [6.07, 6.45) is 35.3. The molecule has 0 aromatic carbocycles. The maximum atomic E-state index is 13.3. The summed E-state index contributed by atoms with van der Waals surface area (Å²) in [5.74, 6) is 0.692. The van der Waals surface area contributed by atoms with Crippen LogP contribution in [0.25, 0.3) is 0 Å². The van der Waals surface area contributed by atoms with Crippen molar-refractivity contribution in [3.05, 3.63) is 0 Å². The maximum absolute atomic E-state index is 13.3. The van der Waals surface area contributed by atoms with Crippen LogP contribution in [-0.4, -0.2) is 85.9 Å². The van der Waals surface area contributed by atoms with E-state index in [1.54, 1.807) is 0 Å². The largest absolute Gasteiger partial charge is 0.465 e. The highest BCUT2D eigenvalue weighted by Gasteiger charge is 2.32. The Morgan fingerprint density at radius 3 is 1.27 bits per heavy atom. The topological polar surface area (TPSA) is 79.3 Å². The van der Waals surface area contributed by atoms with Crippen LogP contribution in [0.2, 0.25) is 0 Å². The van der Waals surface area contributed by atoms with Gasteiger partial charge in [-0.25, -0.2) is 0 Å². The fraction of sp³-hybridized carbons (Fsp3) is 0.959. The fourth-order valence-corrected chi connectivity index (χ4v) is 8.78. The van der Waals surface area contributed by atoms with Gasteiger partial charge in [-0.2, -0.15) is 0 Å². The summed E-state index contributed by atoms with van der Waals surface area (Å²) in [6.45, 7) is 13.3. The first-order valence-electron chi connectivity index (χ1n) is 24.5. The number of esters is 2. The number of hydrogen-bond acceptors (Lipinski definition) is 7. The van der Waals surface area contributed by atoms with Crippen molar-refractivity contribution in [3.63, 3.8) is 0 Å². The van der Waals surface area contributed by atoms with E-state index >= 15 is 0 Å². The van der Waals surface area contributed by atoms with Gasteiger partial charge in [0, 0.05) is 38.4 Å². The standard InChI is InChI=1S/C49H96N2O5/c1-7-11-15-19-21-25-31-44(29-23-17-13-9-3)39-47(52)55-41-46(33-27-28-36-51-37-34-49(54,35-38-51)43-50(5)6)42-56-48(53)40-45(30-24-18-14-10-4)32-26-22-20-16-12-8-2/h44-46,54H,7-43H2,1-6H3. The van der Waals surface area contributed by atoms with Crippen LogP contribution in [0.4, 0.5) is 0 Å². The second-order valence-corrected chi connectivity index (χ2v) is 18.5. The maximum Gasteiger partial charge on any atom is 0.306 e. The molecule has 7 nitrogen and oxygen atoms in total. The molecule has 0 aromatic heterocycles. The number of piperidine rings is 1. The number of likely N-dealkylation sites (tertiary alicyclic amines) is 1. The van der Waals surface area contributed by atoms with Gasteiger partial charge < -0.3 is 24.4 Å². The van der Waals surface area contributed by atoms with Crippen LogP contribution < -0.4 is 0 Å². The normalized spacial score (nSPS) is 16.2. The number of unbranched alkanes of at least 4 members (excludes halogenated alkanes) is 17. The molecule has 0 amide bonds. The summed E-state index contributed by atoms with van der Waals surface area (Å²) in [6, 6.07) is 0. The SMILES string of the molecule is CCCCCCCCC(CCCCCC)CC(=O)OCC(CCCCN1CCC(O)(CN(C)C)CC1)COC(=O)CC(CCCCCC)CCCCCCCC.